The van der Waals surface area contributed by atoms with Crippen molar-refractivity contribution in [3.8, 4) is 0 Å². The number of nitrogens with one attached hydrogen (secondary N) is 1. The monoisotopic (exact) mass is 390 g/mol. The van der Waals surface area contributed by atoms with Crippen LogP contribution in [-0.4, -0.2) is 31.8 Å². The zero-order chi connectivity index (χ0) is 19.6. The maximum absolute atomic E-state index is 13.5. The molecule has 1 fully saturated rings. The Balaban J connectivity index is 1.92. The predicted molar refractivity (Wildman–Crippen MR) is 101 cm³/mol. The van der Waals surface area contributed by atoms with Gasteiger partial charge in [0.25, 0.3) is 5.91 Å². The van der Waals surface area contributed by atoms with Crippen LogP contribution in [0.4, 0.5) is 4.39 Å². The van der Waals surface area contributed by atoms with Crippen molar-refractivity contribution in [3.05, 3.63) is 65.0 Å². The number of carbonyl (C=O) groups excluding carboxylic acids is 1. The zero-order valence-corrected chi connectivity index (χ0v) is 16.2. The molecular weight excluding hydrogens is 367 g/mol. The summed E-state index contributed by atoms with van der Waals surface area (Å²) in [4.78, 5) is 15.0. The molecule has 0 heterocycles. The van der Waals surface area contributed by atoms with E-state index in [1.165, 1.54) is 24.3 Å². The molecule has 2 aromatic carbocycles. The predicted octanol–water partition coefficient (Wildman–Crippen LogP) is 3.24. The summed E-state index contributed by atoms with van der Waals surface area (Å²) in [5.74, 6) is -0.571. The number of amides is 1. The molecule has 0 aliphatic heterocycles. The van der Waals surface area contributed by atoms with Crippen LogP contribution in [0.1, 0.15) is 41.3 Å². The molecule has 5 nitrogen and oxygen atoms in total. The number of benzene rings is 2. The molecule has 1 amide bonds. The summed E-state index contributed by atoms with van der Waals surface area (Å²) in [5, 5.41) is 0. The maximum atomic E-state index is 13.5. The highest BCUT2D eigenvalue weighted by atomic mass is 32.2. The first-order valence-corrected chi connectivity index (χ1v) is 10.5. The van der Waals surface area contributed by atoms with Crippen molar-refractivity contribution in [2.45, 2.75) is 44.2 Å². The van der Waals surface area contributed by atoms with E-state index < -0.39 is 10.0 Å². The summed E-state index contributed by atoms with van der Waals surface area (Å²) in [6.07, 6.45) is 1.80. The minimum Gasteiger partial charge on any atom is -0.331 e. The molecule has 3 rings (SSSR count). The third-order valence-electron chi connectivity index (χ3n) is 4.57. The van der Waals surface area contributed by atoms with Gasteiger partial charge in [0.05, 0.1) is 4.90 Å². The van der Waals surface area contributed by atoms with Crippen LogP contribution in [0.15, 0.2) is 47.4 Å². The van der Waals surface area contributed by atoms with Gasteiger partial charge < -0.3 is 4.90 Å². The molecule has 2 aromatic rings. The molecule has 7 heteroatoms. The Morgan fingerprint density at radius 3 is 2.59 bits per heavy atom. The summed E-state index contributed by atoms with van der Waals surface area (Å²) in [6.45, 7) is 4.05. The minimum atomic E-state index is -3.65. The lowest BCUT2D eigenvalue weighted by atomic mass is 10.1. The van der Waals surface area contributed by atoms with Gasteiger partial charge in [-0.25, -0.2) is 17.5 Å². The molecule has 144 valence electrons. The Bertz CT molecular complexity index is 955. The van der Waals surface area contributed by atoms with Gasteiger partial charge in [0.15, 0.2) is 0 Å². The maximum Gasteiger partial charge on any atom is 0.254 e. The van der Waals surface area contributed by atoms with Gasteiger partial charge in [-0.05, 0) is 55.2 Å². The van der Waals surface area contributed by atoms with Gasteiger partial charge in [0.1, 0.15) is 5.82 Å². The topological polar surface area (TPSA) is 66.5 Å². The lowest BCUT2D eigenvalue weighted by molar-refractivity contribution is 0.0728. The van der Waals surface area contributed by atoms with E-state index in [-0.39, 0.29) is 29.2 Å². The highest BCUT2D eigenvalue weighted by molar-refractivity contribution is 7.89. The van der Waals surface area contributed by atoms with E-state index >= 15 is 0 Å². The number of aryl methyl sites for hydroxylation is 1. The Morgan fingerprint density at radius 1 is 1.22 bits per heavy atom. The SMILES string of the molecule is CCNS(=O)(=O)c1ccc(C)c(C(=O)N(Cc2cccc(F)c2)C2CC2)c1. The second-order valence-corrected chi connectivity index (χ2v) is 8.54. The molecule has 0 saturated heterocycles. The Morgan fingerprint density at radius 2 is 1.96 bits per heavy atom. The average Bonchev–Trinajstić information content (AvgIpc) is 3.44. The highest BCUT2D eigenvalue weighted by Crippen LogP contribution is 2.31. The number of sulfonamides is 1. The molecule has 0 spiro atoms. The molecule has 27 heavy (non-hydrogen) atoms. The third kappa shape index (κ3) is 4.54. The highest BCUT2D eigenvalue weighted by Gasteiger charge is 2.34. The number of rotatable bonds is 7. The first-order chi connectivity index (χ1) is 12.8. The number of nitrogens with zero attached hydrogens (tertiary/aromatic N) is 1. The fourth-order valence-electron chi connectivity index (χ4n) is 3.01. The number of hydrogen-bond acceptors (Lipinski definition) is 3. The molecule has 0 atom stereocenters. The second-order valence-electron chi connectivity index (χ2n) is 6.77. The van der Waals surface area contributed by atoms with E-state index in [0.717, 1.165) is 12.8 Å². The van der Waals surface area contributed by atoms with Crippen molar-refractivity contribution in [1.29, 1.82) is 0 Å². The lowest BCUT2D eigenvalue weighted by Gasteiger charge is -2.24. The van der Waals surface area contributed by atoms with Gasteiger partial charge in [0.2, 0.25) is 10.0 Å². The first kappa shape index (κ1) is 19.5. The standard InChI is InChI=1S/C20H23FN2O3S/c1-3-22-27(25,26)18-10-7-14(2)19(12-18)20(24)23(17-8-9-17)13-15-5-4-6-16(21)11-15/h4-7,10-12,17,22H,3,8-9,13H2,1-2H3. The summed E-state index contributed by atoms with van der Waals surface area (Å²) < 4.78 is 40.5. The van der Waals surface area contributed by atoms with Gasteiger partial charge in [-0.2, -0.15) is 0 Å². The van der Waals surface area contributed by atoms with Crippen LogP contribution in [0.3, 0.4) is 0 Å². The van der Waals surface area contributed by atoms with Gasteiger partial charge in [-0.3, -0.25) is 4.79 Å². The largest absolute Gasteiger partial charge is 0.331 e. The van der Waals surface area contributed by atoms with E-state index in [0.29, 0.717) is 23.2 Å². The Hall–Kier alpha value is -2.25. The van der Waals surface area contributed by atoms with E-state index in [9.17, 15) is 17.6 Å². The van der Waals surface area contributed by atoms with Gasteiger partial charge in [-0.1, -0.05) is 25.1 Å². The normalized spacial score (nSPS) is 14.2. The van der Waals surface area contributed by atoms with Gasteiger partial charge in [-0.15, -0.1) is 0 Å². The van der Waals surface area contributed by atoms with Crippen LogP contribution in [0.25, 0.3) is 0 Å². The van der Waals surface area contributed by atoms with E-state index in [1.54, 1.807) is 36.9 Å². The van der Waals surface area contributed by atoms with Crippen molar-refractivity contribution in [2.75, 3.05) is 6.54 Å². The van der Waals surface area contributed by atoms with Crippen LogP contribution in [0.5, 0.6) is 0 Å². The molecular formula is C20H23FN2O3S. The molecule has 1 aliphatic carbocycles. The Labute approximate surface area is 159 Å². The van der Waals surface area contributed by atoms with Crippen molar-refractivity contribution in [3.63, 3.8) is 0 Å². The first-order valence-electron chi connectivity index (χ1n) is 8.97. The van der Waals surface area contributed by atoms with Gasteiger partial charge in [0, 0.05) is 24.7 Å². The summed E-state index contributed by atoms with van der Waals surface area (Å²) in [6, 6.07) is 10.9. The van der Waals surface area contributed by atoms with E-state index in [2.05, 4.69) is 4.72 Å². The average molecular weight is 390 g/mol. The molecule has 0 unspecified atom stereocenters. The van der Waals surface area contributed by atoms with Crippen molar-refractivity contribution < 1.29 is 17.6 Å². The van der Waals surface area contributed by atoms with Crippen LogP contribution in [-0.2, 0) is 16.6 Å². The smallest absolute Gasteiger partial charge is 0.254 e. The summed E-state index contributed by atoms with van der Waals surface area (Å²) in [7, 11) is -3.65. The van der Waals surface area contributed by atoms with Crippen LogP contribution in [0.2, 0.25) is 0 Å². The molecule has 1 saturated carbocycles. The van der Waals surface area contributed by atoms with Crippen LogP contribution < -0.4 is 4.72 Å². The van der Waals surface area contributed by atoms with E-state index in [4.69, 9.17) is 0 Å². The van der Waals surface area contributed by atoms with Crippen molar-refractivity contribution in [1.82, 2.24) is 9.62 Å². The van der Waals surface area contributed by atoms with Crippen LogP contribution in [0, 0.1) is 12.7 Å². The summed E-state index contributed by atoms with van der Waals surface area (Å²) >= 11 is 0. The van der Waals surface area contributed by atoms with Crippen molar-refractivity contribution >= 4 is 15.9 Å². The fourth-order valence-corrected chi connectivity index (χ4v) is 4.08. The lowest BCUT2D eigenvalue weighted by Crippen LogP contribution is -2.33. The Kier molecular flexibility index (Phi) is 5.62. The molecule has 0 bridgehead atoms. The fraction of sp³-hybridized carbons (Fsp3) is 0.350. The van der Waals surface area contributed by atoms with Crippen LogP contribution >= 0.6 is 0 Å². The quantitative estimate of drug-likeness (QED) is 0.789. The zero-order valence-electron chi connectivity index (χ0n) is 15.4. The second kappa shape index (κ2) is 7.78. The number of halogens is 1. The molecule has 0 radical (unpaired) electrons. The van der Waals surface area contributed by atoms with E-state index in [1.807, 2.05) is 0 Å². The summed E-state index contributed by atoms with van der Waals surface area (Å²) in [5.41, 5.74) is 1.78. The molecule has 1 N–H and O–H groups in total. The van der Waals surface area contributed by atoms with Gasteiger partial charge >= 0.3 is 0 Å². The minimum absolute atomic E-state index is 0.0693. The molecule has 1 aliphatic rings. The van der Waals surface area contributed by atoms with Crippen molar-refractivity contribution in [2.24, 2.45) is 0 Å². The number of carbonyl (C=O) groups is 1. The third-order valence-corrected chi connectivity index (χ3v) is 6.12. The molecule has 0 aromatic heterocycles. The number of hydrogen-bond donors (Lipinski definition) is 1.